The molecule has 7 heteroatoms. The smallest absolute Gasteiger partial charge is 0.312 e. The fraction of sp³-hybridized carbons (Fsp3) is 0.300. The summed E-state index contributed by atoms with van der Waals surface area (Å²) in [5.41, 5.74) is 11.1. The molecular formula is C20H26N4O3. The normalized spacial score (nSPS) is 12.1. The van der Waals surface area contributed by atoms with Crippen molar-refractivity contribution in [1.29, 1.82) is 0 Å². The topological polar surface area (TPSA) is 119 Å². The zero-order valence-electron chi connectivity index (χ0n) is 15.6. The van der Waals surface area contributed by atoms with Gasteiger partial charge in [-0.1, -0.05) is 30.3 Å². The van der Waals surface area contributed by atoms with Gasteiger partial charge in [-0.15, -0.1) is 0 Å². The van der Waals surface area contributed by atoms with E-state index in [0.717, 1.165) is 0 Å². The van der Waals surface area contributed by atoms with E-state index in [-0.39, 0.29) is 12.3 Å². The first kappa shape index (κ1) is 20.3. The van der Waals surface area contributed by atoms with Crippen LogP contribution in [0.5, 0.6) is 11.5 Å². The van der Waals surface area contributed by atoms with Crippen LogP contribution in [0.3, 0.4) is 0 Å². The van der Waals surface area contributed by atoms with Gasteiger partial charge in [0.1, 0.15) is 11.5 Å². The molecule has 0 heterocycles. The molecule has 1 unspecified atom stereocenters. The minimum absolute atomic E-state index is 0.0289. The van der Waals surface area contributed by atoms with Crippen LogP contribution in [0.15, 0.2) is 54.6 Å². The summed E-state index contributed by atoms with van der Waals surface area (Å²) < 4.78 is 5.82. The first-order valence-electron chi connectivity index (χ1n) is 8.69. The highest BCUT2D eigenvalue weighted by molar-refractivity contribution is 5.79. The number of hydrogen-bond donors (Lipinski definition) is 4. The average Bonchev–Trinajstić information content (AvgIpc) is 2.61. The SMILES string of the molecule is CC(C)(CN)NC(=O)CC(NC(N)=O)c1cccc(Oc2ccccc2)c1. The highest BCUT2D eigenvalue weighted by Gasteiger charge is 2.23. The van der Waals surface area contributed by atoms with Crippen molar-refractivity contribution in [2.75, 3.05) is 6.54 Å². The molecule has 2 aromatic carbocycles. The van der Waals surface area contributed by atoms with E-state index in [4.69, 9.17) is 16.2 Å². The lowest BCUT2D eigenvalue weighted by atomic mass is 10.0. The molecule has 2 rings (SSSR count). The van der Waals surface area contributed by atoms with Crippen molar-refractivity contribution < 1.29 is 14.3 Å². The number of ether oxygens (including phenoxy) is 1. The molecule has 0 bridgehead atoms. The van der Waals surface area contributed by atoms with E-state index in [0.29, 0.717) is 23.6 Å². The number of para-hydroxylation sites is 1. The lowest BCUT2D eigenvalue weighted by Gasteiger charge is -2.26. The third-order valence-electron chi connectivity index (χ3n) is 3.93. The van der Waals surface area contributed by atoms with E-state index in [1.54, 1.807) is 24.3 Å². The molecule has 0 spiro atoms. The predicted octanol–water partition coefficient (Wildman–Crippen LogP) is 2.43. The number of carbonyl (C=O) groups is 2. The molecule has 0 aliphatic rings. The van der Waals surface area contributed by atoms with Gasteiger partial charge in [0.05, 0.1) is 12.5 Å². The number of amides is 3. The summed E-state index contributed by atoms with van der Waals surface area (Å²) >= 11 is 0. The highest BCUT2D eigenvalue weighted by Crippen LogP contribution is 2.26. The summed E-state index contributed by atoms with van der Waals surface area (Å²) in [4.78, 5) is 23.8. The fourth-order valence-electron chi connectivity index (χ4n) is 2.51. The second kappa shape index (κ2) is 9.05. The van der Waals surface area contributed by atoms with E-state index in [9.17, 15) is 9.59 Å². The molecule has 0 aromatic heterocycles. The van der Waals surface area contributed by atoms with Crippen LogP contribution in [-0.4, -0.2) is 24.0 Å². The van der Waals surface area contributed by atoms with Gasteiger partial charge in [0.15, 0.2) is 0 Å². The first-order chi connectivity index (χ1) is 12.8. The van der Waals surface area contributed by atoms with Gasteiger partial charge in [-0.3, -0.25) is 4.79 Å². The Labute approximate surface area is 159 Å². The maximum absolute atomic E-state index is 12.4. The summed E-state index contributed by atoms with van der Waals surface area (Å²) in [7, 11) is 0. The lowest BCUT2D eigenvalue weighted by Crippen LogP contribution is -2.49. The Hall–Kier alpha value is -3.06. The average molecular weight is 370 g/mol. The molecule has 144 valence electrons. The first-order valence-corrected chi connectivity index (χ1v) is 8.69. The number of benzene rings is 2. The van der Waals surface area contributed by atoms with Gasteiger partial charge in [-0.25, -0.2) is 4.79 Å². The molecule has 7 nitrogen and oxygen atoms in total. The molecule has 3 amide bonds. The molecule has 0 aliphatic carbocycles. The van der Waals surface area contributed by atoms with Gasteiger partial charge in [0.2, 0.25) is 5.91 Å². The molecule has 2 aromatic rings. The van der Waals surface area contributed by atoms with Crippen LogP contribution in [0.2, 0.25) is 0 Å². The standard InChI is InChI=1S/C20H26N4O3/c1-20(2,13-21)24-18(25)12-17(23-19(22)26)14-7-6-10-16(11-14)27-15-8-4-3-5-9-15/h3-11,17H,12-13,21H2,1-2H3,(H,24,25)(H3,22,23,26). The van der Waals surface area contributed by atoms with Crippen LogP contribution in [-0.2, 0) is 4.79 Å². The van der Waals surface area contributed by atoms with E-state index in [2.05, 4.69) is 10.6 Å². The summed E-state index contributed by atoms with van der Waals surface area (Å²) in [5, 5.41) is 5.46. The van der Waals surface area contributed by atoms with Gasteiger partial charge >= 0.3 is 6.03 Å². The Morgan fingerprint density at radius 3 is 2.37 bits per heavy atom. The number of hydrogen-bond acceptors (Lipinski definition) is 4. The van der Waals surface area contributed by atoms with Crippen molar-refractivity contribution in [1.82, 2.24) is 10.6 Å². The van der Waals surface area contributed by atoms with E-state index >= 15 is 0 Å². The molecule has 1 atom stereocenters. The highest BCUT2D eigenvalue weighted by atomic mass is 16.5. The van der Waals surface area contributed by atoms with E-state index in [1.807, 2.05) is 44.2 Å². The molecule has 6 N–H and O–H groups in total. The van der Waals surface area contributed by atoms with E-state index in [1.165, 1.54) is 0 Å². The van der Waals surface area contributed by atoms with Crippen LogP contribution in [0.4, 0.5) is 4.79 Å². The van der Waals surface area contributed by atoms with Crippen molar-refractivity contribution in [3.05, 3.63) is 60.2 Å². The van der Waals surface area contributed by atoms with Gasteiger partial charge in [0.25, 0.3) is 0 Å². The van der Waals surface area contributed by atoms with Crippen molar-refractivity contribution in [2.45, 2.75) is 31.8 Å². The molecule has 0 saturated heterocycles. The second-order valence-electron chi connectivity index (χ2n) is 6.89. The lowest BCUT2D eigenvalue weighted by molar-refractivity contribution is -0.123. The minimum Gasteiger partial charge on any atom is -0.457 e. The second-order valence-corrected chi connectivity index (χ2v) is 6.89. The van der Waals surface area contributed by atoms with Crippen LogP contribution in [0.1, 0.15) is 31.9 Å². The number of nitrogens with two attached hydrogens (primary N) is 2. The van der Waals surface area contributed by atoms with E-state index < -0.39 is 17.6 Å². The van der Waals surface area contributed by atoms with Crippen LogP contribution >= 0.6 is 0 Å². The Bertz CT molecular complexity index is 778. The quantitative estimate of drug-likeness (QED) is 0.570. The Kier molecular flexibility index (Phi) is 6.79. The Morgan fingerprint density at radius 2 is 1.74 bits per heavy atom. The van der Waals surface area contributed by atoms with Gasteiger partial charge < -0.3 is 26.8 Å². The third-order valence-corrected chi connectivity index (χ3v) is 3.93. The molecular weight excluding hydrogens is 344 g/mol. The monoisotopic (exact) mass is 370 g/mol. The van der Waals surface area contributed by atoms with Gasteiger partial charge in [0, 0.05) is 12.1 Å². The third kappa shape index (κ3) is 6.63. The number of nitrogens with one attached hydrogen (secondary N) is 2. The largest absolute Gasteiger partial charge is 0.457 e. The van der Waals surface area contributed by atoms with Crippen LogP contribution < -0.4 is 26.8 Å². The zero-order chi connectivity index (χ0) is 19.9. The molecule has 27 heavy (non-hydrogen) atoms. The molecule has 0 radical (unpaired) electrons. The van der Waals surface area contributed by atoms with Crippen LogP contribution in [0, 0.1) is 0 Å². The summed E-state index contributed by atoms with van der Waals surface area (Å²) in [6.45, 7) is 3.96. The zero-order valence-corrected chi connectivity index (χ0v) is 15.6. The van der Waals surface area contributed by atoms with Crippen molar-refractivity contribution in [3.8, 4) is 11.5 Å². The van der Waals surface area contributed by atoms with Gasteiger partial charge in [-0.05, 0) is 43.7 Å². The fourth-order valence-corrected chi connectivity index (χ4v) is 2.51. The van der Waals surface area contributed by atoms with Crippen LogP contribution in [0.25, 0.3) is 0 Å². The number of primary amides is 1. The number of carbonyl (C=O) groups excluding carboxylic acids is 2. The molecule has 0 aliphatic heterocycles. The maximum Gasteiger partial charge on any atom is 0.312 e. The number of urea groups is 1. The molecule has 0 fully saturated rings. The predicted molar refractivity (Wildman–Crippen MR) is 104 cm³/mol. The van der Waals surface area contributed by atoms with Crippen molar-refractivity contribution in [3.63, 3.8) is 0 Å². The minimum atomic E-state index is -0.708. The molecule has 0 saturated carbocycles. The van der Waals surface area contributed by atoms with Crippen molar-refractivity contribution >= 4 is 11.9 Å². The summed E-state index contributed by atoms with van der Waals surface area (Å²) in [5.74, 6) is 1.05. The summed E-state index contributed by atoms with van der Waals surface area (Å²) in [6.07, 6.45) is 0.0289. The summed E-state index contributed by atoms with van der Waals surface area (Å²) in [6, 6.07) is 15.2. The van der Waals surface area contributed by atoms with Crippen molar-refractivity contribution in [2.24, 2.45) is 11.5 Å². The van der Waals surface area contributed by atoms with Gasteiger partial charge in [-0.2, -0.15) is 0 Å². The Balaban J connectivity index is 2.17. The number of rotatable bonds is 8. The Morgan fingerprint density at radius 1 is 1.07 bits per heavy atom. The maximum atomic E-state index is 12.4.